The lowest BCUT2D eigenvalue weighted by atomic mass is 10.3. The lowest BCUT2D eigenvalue weighted by Crippen LogP contribution is -2.32. The number of hydrogen-bond acceptors (Lipinski definition) is 7. The summed E-state index contributed by atoms with van der Waals surface area (Å²) in [4.78, 5) is 24.5. The fourth-order valence-electron chi connectivity index (χ4n) is 1.79. The second kappa shape index (κ2) is 8.33. The first-order chi connectivity index (χ1) is 11.8. The highest BCUT2D eigenvalue weighted by Gasteiger charge is 2.25. The van der Waals surface area contributed by atoms with E-state index in [9.17, 15) is 9.59 Å². The van der Waals surface area contributed by atoms with Crippen LogP contribution in [-0.4, -0.2) is 18.2 Å². The Hall–Kier alpha value is -2.09. The molecule has 1 aromatic heterocycles. The van der Waals surface area contributed by atoms with E-state index in [1.165, 1.54) is 11.3 Å². The summed E-state index contributed by atoms with van der Waals surface area (Å²) in [5.74, 6) is -1.56. The van der Waals surface area contributed by atoms with Gasteiger partial charge in [0, 0.05) is 10.4 Å². The van der Waals surface area contributed by atoms with Gasteiger partial charge in [-0.05, 0) is 32.4 Å². The van der Waals surface area contributed by atoms with Crippen molar-refractivity contribution in [1.82, 2.24) is 0 Å². The van der Waals surface area contributed by atoms with Gasteiger partial charge in [0.25, 0.3) is 0 Å². The number of thiophene rings is 1. The number of rotatable bonds is 5. The zero-order valence-corrected chi connectivity index (χ0v) is 15.6. The van der Waals surface area contributed by atoms with Gasteiger partial charge in [-0.25, -0.2) is 9.59 Å². The number of benzene rings is 1. The summed E-state index contributed by atoms with van der Waals surface area (Å²) >= 11 is 7.28. The Kier molecular flexibility index (Phi) is 6.41. The van der Waals surface area contributed by atoms with Crippen LogP contribution in [0.5, 0.6) is 16.6 Å². The zero-order chi connectivity index (χ0) is 18.6. The average Bonchev–Trinajstić information content (AvgIpc) is 2.84. The normalized spacial score (nSPS) is 11.7. The maximum Gasteiger partial charge on any atom is 0.423 e. The van der Waals surface area contributed by atoms with E-state index < -0.39 is 18.2 Å². The third-order valence-electron chi connectivity index (χ3n) is 3.36. The van der Waals surface area contributed by atoms with Crippen LogP contribution in [0.25, 0.3) is 0 Å². The van der Waals surface area contributed by atoms with E-state index in [1.807, 2.05) is 13.8 Å². The summed E-state index contributed by atoms with van der Waals surface area (Å²) in [6, 6.07) is 6.91. The SMILES string of the molecule is CCC(N)OC(=O)C(=O)Oc1sc(C)c(C)c1Oc1ccccc1Cl. The molecule has 0 saturated heterocycles. The van der Waals surface area contributed by atoms with Gasteiger partial charge in [-0.3, -0.25) is 5.73 Å². The largest absolute Gasteiger partial charge is 0.451 e. The quantitative estimate of drug-likeness (QED) is 0.477. The van der Waals surface area contributed by atoms with Crippen molar-refractivity contribution in [2.75, 3.05) is 0 Å². The van der Waals surface area contributed by atoms with Crippen molar-refractivity contribution in [3.63, 3.8) is 0 Å². The van der Waals surface area contributed by atoms with Crippen molar-refractivity contribution >= 4 is 34.9 Å². The Morgan fingerprint density at radius 1 is 1.24 bits per heavy atom. The second-order valence-corrected chi connectivity index (χ2v) is 6.77. The van der Waals surface area contributed by atoms with Crippen LogP contribution in [0.2, 0.25) is 5.02 Å². The molecule has 2 rings (SSSR count). The molecule has 0 aliphatic carbocycles. The third kappa shape index (κ3) is 4.72. The number of hydrogen-bond donors (Lipinski definition) is 1. The third-order valence-corrected chi connectivity index (χ3v) is 4.74. The molecule has 0 fully saturated rings. The molecule has 8 heteroatoms. The molecule has 0 amide bonds. The van der Waals surface area contributed by atoms with Crippen LogP contribution in [0, 0.1) is 13.8 Å². The molecule has 0 aliphatic rings. The molecule has 0 saturated carbocycles. The monoisotopic (exact) mass is 383 g/mol. The highest BCUT2D eigenvalue weighted by Crippen LogP contribution is 2.44. The Morgan fingerprint density at radius 3 is 2.56 bits per heavy atom. The Balaban J connectivity index is 2.22. The van der Waals surface area contributed by atoms with Gasteiger partial charge in [-0.2, -0.15) is 0 Å². The maximum atomic E-state index is 11.9. The number of para-hydroxylation sites is 1. The molecule has 134 valence electrons. The number of halogens is 1. The highest BCUT2D eigenvalue weighted by atomic mass is 35.5. The maximum absolute atomic E-state index is 11.9. The fraction of sp³-hybridized carbons (Fsp3) is 0.294. The van der Waals surface area contributed by atoms with Crippen molar-refractivity contribution in [3.8, 4) is 16.6 Å². The van der Waals surface area contributed by atoms with Crippen molar-refractivity contribution in [3.05, 3.63) is 39.7 Å². The van der Waals surface area contributed by atoms with E-state index in [2.05, 4.69) is 0 Å². The Labute approximate surface area is 154 Å². The predicted molar refractivity (Wildman–Crippen MR) is 95.3 cm³/mol. The summed E-state index contributed by atoms with van der Waals surface area (Å²) in [7, 11) is 0. The smallest absolute Gasteiger partial charge is 0.423 e. The van der Waals surface area contributed by atoms with Crippen LogP contribution in [0.3, 0.4) is 0 Å². The standard InChI is InChI=1S/C17H18ClNO5S/c1-4-13(19)23-15(20)16(21)24-17-14(9(2)10(3)25-17)22-12-8-6-5-7-11(12)18/h5-8,13H,4,19H2,1-3H3. The summed E-state index contributed by atoms with van der Waals surface area (Å²) in [6.07, 6.45) is -0.470. The van der Waals surface area contributed by atoms with Crippen molar-refractivity contribution in [2.45, 2.75) is 33.4 Å². The zero-order valence-electron chi connectivity index (χ0n) is 14.0. The molecule has 1 unspecified atom stereocenters. The number of carbonyl (C=O) groups excluding carboxylic acids is 2. The van der Waals surface area contributed by atoms with E-state index >= 15 is 0 Å². The fourth-order valence-corrected chi connectivity index (χ4v) is 2.90. The topological polar surface area (TPSA) is 87.9 Å². The molecule has 6 nitrogen and oxygen atoms in total. The van der Waals surface area contributed by atoms with Gasteiger partial charge in [0.15, 0.2) is 12.0 Å². The number of ether oxygens (including phenoxy) is 3. The number of aryl methyl sites for hydroxylation is 1. The molecule has 25 heavy (non-hydrogen) atoms. The average molecular weight is 384 g/mol. The minimum Gasteiger partial charge on any atom is -0.451 e. The van der Waals surface area contributed by atoms with E-state index in [0.29, 0.717) is 22.9 Å². The molecular weight excluding hydrogens is 366 g/mol. The number of carbonyl (C=O) groups is 2. The van der Waals surface area contributed by atoms with Gasteiger partial charge in [0.05, 0.1) is 5.02 Å². The molecule has 1 aromatic carbocycles. The van der Waals surface area contributed by atoms with Crippen molar-refractivity contribution in [2.24, 2.45) is 5.73 Å². The van der Waals surface area contributed by atoms with E-state index in [4.69, 9.17) is 31.5 Å². The Morgan fingerprint density at radius 2 is 1.92 bits per heavy atom. The van der Waals surface area contributed by atoms with Crippen LogP contribution in [0.15, 0.2) is 24.3 Å². The van der Waals surface area contributed by atoms with Crippen LogP contribution >= 0.6 is 22.9 Å². The molecule has 2 N–H and O–H groups in total. The van der Waals surface area contributed by atoms with Gasteiger partial charge in [0.2, 0.25) is 5.06 Å². The summed E-state index contributed by atoms with van der Waals surface area (Å²) < 4.78 is 15.7. The van der Waals surface area contributed by atoms with Gasteiger partial charge >= 0.3 is 11.9 Å². The van der Waals surface area contributed by atoms with E-state index in [-0.39, 0.29) is 5.06 Å². The molecule has 1 heterocycles. The van der Waals surface area contributed by atoms with Crippen molar-refractivity contribution in [1.29, 1.82) is 0 Å². The van der Waals surface area contributed by atoms with Crippen LogP contribution in [-0.2, 0) is 14.3 Å². The summed E-state index contributed by atoms with van der Waals surface area (Å²) in [6.45, 7) is 5.40. The molecule has 2 aromatic rings. The van der Waals surface area contributed by atoms with Crippen molar-refractivity contribution < 1.29 is 23.8 Å². The Bertz CT molecular complexity index is 789. The molecule has 1 atom stereocenters. The molecule has 0 radical (unpaired) electrons. The number of nitrogens with two attached hydrogens (primary N) is 1. The second-order valence-electron chi connectivity index (χ2n) is 5.17. The molecule has 0 bridgehead atoms. The van der Waals surface area contributed by atoms with Crippen LogP contribution in [0.1, 0.15) is 23.8 Å². The summed E-state index contributed by atoms with van der Waals surface area (Å²) in [5, 5.41) is 0.568. The van der Waals surface area contributed by atoms with Gasteiger partial charge < -0.3 is 14.2 Å². The van der Waals surface area contributed by atoms with Crippen LogP contribution < -0.4 is 15.2 Å². The van der Waals surface area contributed by atoms with E-state index in [0.717, 1.165) is 10.4 Å². The van der Waals surface area contributed by atoms with Gasteiger partial charge in [-0.15, -0.1) is 0 Å². The molecular formula is C17H18ClNO5S. The molecule has 0 spiro atoms. The summed E-state index contributed by atoms with van der Waals surface area (Å²) in [5.41, 5.74) is 6.28. The van der Waals surface area contributed by atoms with Gasteiger partial charge in [0.1, 0.15) is 5.75 Å². The lowest BCUT2D eigenvalue weighted by Gasteiger charge is -2.11. The minimum atomic E-state index is -1.16. The lowest BCUT2D eigenvalue weighted by molar-refractivity contribution is -0.165. The highest BCUT2D eigenvalue weighted by molar-refractivity contribution is 7.14. The number of esters is 2. The predicted octanol–water partition coefficient (Wildman–Crippen LogP) is 3.95. The first-order valence-corrected chi connectivity index (χ1v) is 8.73. The van der Waals surface area contributed by atoms with Gasteiger partial charge in [-0.1, -0.05) is 42.0 Å². The first kappa shape index (κ1) is 19.2. The van der Waals surface area contributed by atoms with Crippen LogP contribution in [0.4, 0.5) is 0 Å². The van der Waals surface area contributed by atoms with E-state index in [1.54, 1.807) is 31.2 Å². The first-order valence-electron chi connectivity index (χ1n) is 7.54. The minimum absolute atomic E-state index is 0.155. The molecule has 0 aliphatic heterocycles.